The summed E-state index contributed by atoms with van der Waals surface area (Å²) in [7, 11) is 3.61. The predicted molar refractivity (Wildman–Crippen MR) is 89.9 cm³/mol. The van der Waals surface area contributed by atoms with E-state index in [-0.39, 0.29) is 16.6 Å². The highest BCUT2D eigenvalue weighted by molar-refractivity contribution is 5.80. The first-order valence-electron chi connectivity index (χ1n) is 7.83. The first kappa shape index (κ1) is 18.2. The molecule has 124 valence electrons. The summed E-state index contributed by atoms with van der Waals surface area (Å²) in [6, 6.07) is 0.379. The Balaban J connectivity index is 2.40. The molecule has 2 atom stereocenters. The Hall–Kier alpha value is -0.810. The maximum atomic E-state index is 5.66. The predicted octanol–water partition coefficient (Wildman–Crippen LogP) is 1.74. The minimum atomic E-state index is -0.0582. The molecule has 5 nitrogen and oxygen atoms in total. The summed E-state index contributed by atoms with van der Waals surface area (Å²) in [5.41, 5.74) is 0.176. The third-order valence-electron chi connectivity index (χ3n) is 4.89. The van der Waals surface area contributed by atoms with Gasteiger partial charge >= 0.3 is 0 Å². The van der Waals surface area contributed by atoms with E-state index >= 15 is 0 Å². The average molecular weight is 298 g/mol. The molecule has 0 spiro atoms. The van der Waals surface area contributed by atoms with E-state index in [9.17, 15) is 0 Å². The molecule has 3 N–H and O–H groups in total. The van der Waals surface area contributed by atoms with Gasteiger partial charge in [-0.2, -0.15) is 0 Å². The monoisotopic (exact) mass is 298 g/mol. The summed E-state index contributed by atoms with van der Waals surface area (Å²) in [5, 5.41) is 10.3. The molecule has 0 heterocycles. The number of methoxy groups -OCH3 is 1. The number of hydrogen-bond donors (Lipinski definition) is 3. The largest absolute Gasteiger partial charge is 0.378 e. The van der Waals surface area contributed by atoms with Crippen LogP contribution < -0.4 is 16.0 Å². The Morgan fingerprint density at radius 3 is 2.29 bits per heavy atom. The molecular formula is C16H34N4O. The molecule has 1 aliphatic carbocycles. The lowest BCUT2D eigenvalue weighted by molar-refractivity contribution is -0.176. The molecule has 1 aliphatic rings. The zero-order valence-corrected chi connectivity index (χ0v) is 15.1. The van der Waals surface area contributed by atoms with Crippen molar-refractivity contribution in [3.05, 3.63) is 0 Å². The summed E-state index contributed by atoms with van der Waals surface area (Å²) < 4.78 is 5.66. The Labute approximate surface area is 130 Å². The molecule has 0 aromatic heterocycles. The molecule has 0 aliphatic heterocycles. The maximum absolute atomic E-state index is 5.66. The minimum Gasteiger partial charge on any atom is -0.378 e. The lowest BCUT2D eigenvalue weighted by Gasteiger charge is -2.59. The van der Waals surface area contributed by atoms with Crippen molar-refractivity contribution in [1.29, 1.82) is 0 Å². The highest BCUT2D eigenvalue weighted by atomic mass is 16.5. The molecule has 2 unspecified atom stereocenters. The average Bonchev–Trinajstić information content (AvgIpc) is 2.39. The van der Waals surface area contributed by atoms with Crippen molar-refractivity contribution < 1.29 is 4.74 Å². The SMILES string of the molecule is CN=C(NCCNC(C)(C)C)NC1CC(C)(OC)C1(C)C. The van der Waals surface area contributed by atoms with Gasteiger partial charge in [-0.15, -0.1) is 0 Å². The van der Waals surface area contributed by atoms with Crippen LogP contribution in [0.4, 0.5) is 0 Å². The standard InChI is InChI=1S/C16H34N4O/c1-14(2,3)19-10-9-18-13(17-7)20-12-11-16(6,21-8)15(12,4)5/h12,19H,9-11H2,1-8H3,(H2,17,18,20). The van der Waals surface area contributed by atoms with E-state index < -0.39 is 0 Å². The molecular weight excluding hydrogens is 264 g/mol. The summed E-state index contributed by atoms with van der Waals surface area (Å²) in [6.45, 7) is 14.9. The number of aliphatic imine (C=N–C) groups is 1. The number of nitrogens with one attached hydrogen (secondary N) is 3. The first-order chi connectivity index (χ1) is 9.55. The van der Waals surface area contributed by atoms with Crippen LogP contribution >= 0.6 is 0 Å². The van der Waals surface area contributed by atoms with Crippen LogP contribution in [-0.4, -0.2) is 50.4 Å². The number of ether oxygens (including phenoxy) is 1. The summed E-state index contributed by atoms with van der Waals surface area (Å²) >= 11 is 0. The van der Waals surface area contributed by atoms with Gasteiger partial charge in [-0.25, -0.2) is 0 Å². The van der Waals surface area contributed by atoms with Crippen LogP contribution in [0.2, 0.25) is 0 Å². The Bertz CT molecular complexity index is 373. The number of rotatable bonds is 5. The van der Waals surface area contributed by atoms with Gasteiger partial charge in [-0.1, -0.05) is 13.8 Å². The van der Waals surface area contributed by atoms with E-state index in [0.717, 1.165) is 25.5 Å². The van der Waals surface area contributed by atoms with E-state index in [0.29, 0.717) is 6.04 Å². The summed E-state index contributed by atoms with van der Waals surface area (Å²) in [5.74, 6) is 0.863. The Morgan fingerprint density at radius 2 is 1.86 bits per heavy atom. The van der Waals surface area contributed by atoms with Gasteiger partial charge in [-0.3, -0.25) is 4.99 Å². The van der Waals surface area contributed by atoms with E-state index in [1.807, 2.05) is 7.05 Å². The van der Waals surface area contributed by atoms with Gasteiger partial charge in [0.1, 0.15) is 0 Å². The number of guanidine groups is 1. The summed E-state index contributed by atoms with van der Waals surface area (Å²) in [6.07, 6.45) is 0.997. The zero-order valence-electron chi connectivity index (χ0n) is 15.1. The highest BCUT2D eigenvalue weighted by Crippen LogP contribution is 2.51. The van der Waals surface area contributed by atoms with Crippen molar-refractivity contribution in [2.75, 3.05) is 27.2 Å². The molecule has 1 saturated carbocycles. The second kappa shape index (κ2) is 6.53. The topological polar surface area (TPSA) is 57.7 Å². The van der Waals surface area contributed by atoms with E-state index in [1.165, 1.54) is 0 Å². The second-order valence-corrected chi connectivity index (χ2v) is 7.73. The van der Waals surface area contributed by atoms with Crippen molar-refractivity contribution in [2.24, 2.45) is 10.4 Å². The van der Waals surface area contributed by atoms with Crippen molar-refractivity contribution >= 4 is 5.96 Å². The van der Waals surface area contributed by atoms with Crippen LogP contribution in [0, 0.1) is 5.41 Å². The van der Waals surface area contributed by atoms with E-state index in [1.54, 1.807) is 7.11 Å². The molecule has 0 amide bonds. The molecule has 0 saturated heterocycles. The fourth-order valence-corrected chi connectivity index (χ4v) is 2.70. The maximum Gasteiger partial charge on any atom is 0.191 e. The van der Waals surface area contributed by atoms with Gasteiger partial charge in [0, 0.05) is 44.2 Å². The molecule has 0 aromatic carbocycles. The van der Waals surface area contributed by atoms with Gasteiger partial charge in [0.25, 0.3) is 0 Å². The van der Waals surface area contributed by atoms with Crippen LogP contribution in [0.5, 0.6) is 0 Å². The van der Waals surface area contributed by atoms with Gasteiger partial charge in [0.15, 0.2) is 5.96 Å². The van der Waals surface area contributed by atoms with Crippen LogP contribution in [0.15, 0.2) is 4.99 Å². The number of hydrogen-bond acceptors (Lipinski definition) is 3. The quantitative estimate of drug-likeness (QED) is 0.411. The van der Waals surface area contributed by atoms with E-state index in [4.69, 9.17) is 4.74 Å². The van der Waals surface area contributed by atoms with E-state index in [2.05, 4.69) is 62.5 Å². The fourth-order valence-electron chi connectivity index (χ4n) is 2.70. The third-order valence-corrected chi connectivity index (χ3v) is 4.89. The second-order valence-electron chi connectivity index (χ2n) is 7.73. The smallest absolute Gasteiger partial charge is 0.191 e. The number of nitrogens with zero attached hydrogens (tertiary/aromatic N) is 1. The third kappa shape index (κ3) is 4.33. The van der Waals surface area contributed by atoms with Gasteiger partial charge in [0.05, 0.1) is 5.60 Å². The molecule has 1 rings (SSSR count). The minimum absolute atomic E-state index is 0.0582. The van der Waals surface area contributed by atoms with Gasteiger partial charge in [0.2, 0.25) is 0 Å². The molecule has 0 bridgehead atoms. The Morgan fingerprint density at radius 1 is 1.24 bits per heavy atom. The molecule has 21 heavy (non-hydrogen) atoms. The van der Waals surface area contributed by atoms with Crippen molar-refractivity contribution in [3.63, 3.8) is 0 Å². The van der Waals surface area contributed by atoms with Crippen LogP contribution in [0.1, 0.15) is 48.0 Å². The van der Waals surface area contributed by atoms with Gasteiger partial charge < -0.3 is 20.7 Å². The first-order valence-corrected chi connectivity index (χ1v) is 7.83. The van der Waals surface area contributed by atoms with Crippen LogP contribution in [-0.2, 0) is 4.74 Å². The molecule has 1 fully saturated rings. The normalized spacial score (nSPS) is 29.0. The lowest BCUT2D eigenvalue weighted by atomic mass is 9.56. The lowest BCUT2D eigenvalue weighted by Crippen LogP contribution is -2.69. The zero-order chi connectivity index (χ0) is 16.3. The van der Waals surface area contributed by atoms with Crippen molar-refractivity contribution in [3.8, 4) is 0 Å². The molecule has 5 heteroatoms. The van der Waals surface area contributed by atoms with Gasteiger partial charge in [-0.05, 0) is 34.1 Å². The molecule has 0 radical (unpaired) electrons. The van der Waals surface area contributed by atoms with Crippen molar-refractivity contribution in [2.45, 2.75) is 65.1 Å². The Kier molecular flexibility index (Phi) is 5.67. The fraction of sp³-hybridized carbons (Fsp3) is 0.938. The highest BCUT2D eigenvalue weighted by Gasteiger charge is 2.57. The van der Waals surface area contributed by atoms with Crippen LogP contribution in [0.3, 0.4) is 0 Å². The molecule has 0 aromatic rings. The van der Waals surface area contributed by atoms with Crippen molar-refractivity contribution in [1.82, 2.24) is 16.0 Å². The van der Waals surface area contributed by atoms with Crippen LogP contribution in [0.25, 0.3) is 0 Å². The summed E-state index contributed by atoms with van der Waals surface area (Å²) in [4.78, 5) is 4.31.